The van der Waals surface area contributed by atoms with Crippen LogP contribution >= 0.6 is 11.3 Å². The molecule has 3 heteroatoms. The van der Waals surface area contributed by atoms with Crippen molar-refractivity contribution in [3.8, 4) is 0 Å². The highest BCUT2D eigenvalue weighted by molar-refractivity contribution is 7.10. The van der Waals surface area contributed by atoms with Crippen molar-refractivity contribution in [1.29, 1.82) is 0 Å². The Labute approximate surface area is 117 Å². The first-order chi connectivity index (χ1) is 7.38. The number of hydrogen-bond acceptors (Lipinski definition) is 1. The van der Waals surface area contributed by atoms with E-state index >= 15 is 0 Å². The van der Waals surface area contributed by atoms with Crippen LogP contribution in [0.4, 0.5) is 0 Å². The zero-order valence-corrected chi connectivity index (χ0v) is 12.1. The molecule has 2 heterocycles. The van der Waals surface area contributed by atoms with Gasteiger partial charge in [-0.3, -0.25) is 0 Å². The van der Waals surface area contributed by atoms with Crippen LogP contribution in [-0.2, 0) is 6.54 Å². The lowest BCUT2D eigenvalue weighted by atomic mass is 10.2. The van der Waals surface area contributed by atoms with Gasteiger partial charge in [0.1, 0.15) is 6.54 Å². The fraction of sp³-hybridized carbons (Fsp3) is 0.154. The molecule has 16 heavy (non-hydrogen) atoms. The number of nitrogens with zero attached hydrogens (tertiary/aromatic N) is 1. The molecule has 2 aromatic rings. The van der Waals surface area contributed by atoms with E-state index in [9.17, 15) is 0 Å². The molecule has 0 bridgehead atoms. The monoisotopic (exact) mass is 343 g/mol. The quantitative estimate of drug-likeness (QED) is 0.555. The van der Waals surface area contributed by atoms with Gasteiger partial charge in [0.2, 0.25) is 0 Å². The minimum absolute atomic E-state index is 0. The van der Waals surface area contributed by atoms with E-state index in [1.807, 2.05) is 0 Å². The second-order valence-corrected chi connectivity index (χ2v) is 4.29. The molecule has 0 aromatic carbocycles. The SMILES string of the molecule is CC[n+]1ccc(/C=C/c2cccs2)cc1.[I-]. The molecule has 2 rings (SSSR count). The van der Waals surface area contributed by atoms with Gasteiger partial charge in [-0.25, -0.2) is 4.57 Å². The molecule has 1 nitrogen and oxygen atoms in total. The summed E-state index contributed by atoms with van der Waals surface area (Å²) in [5.74, 6) is 0. The van der Waals surface area contributed by atoms with Crippen molar-refractivity contribution >= 4 is 23.5 Å². The summed E-state index contributed by atoms with van der Waals surface area (Å²) in [6.45, 7) is 3.16. The first-order valence-electron chi connectivity index (χ1n) is 5.09. The maximum absolute atomic E-state index is 2.16. The Morgan fingerprint density at radius 1 is 1.19 bits per heavy atom. The Balaban J connectivity index is 0.00000128. The van der Waals surface area contributed by atoms with Gasteiger partial charge < -0.3 is 24.0 Å². The second kappa shape index (κ2) is 6.81. The van der Waals surface area contributed by atoms with Crippen LogP contribution in [0.1, 0.15) is 17.4 Å². The number of thiophene rings is 1. The van der Waals surface area contributed by atoms with Gasteiger partial charge in [-0.1, -0.05) is 12.1 Å². The maximum Gasteiger partial charge on any atom is 0.169 e. The zero-order valence-electron chi connectivity index (χ0n) is 9.14. The summed E-state index contributed by atoms with van der Waals surface area (Å²) in [5.41, 5.74) is 1.24. The van der Waals surface area contributed by atoms with E-state index < -0.39 is 0 Å². The average Bonchev–Trinajstić information content (AvgIpc) is 2.80. The van der Waals surface area contributed by atoms with Gasteiger partial charge in [0, 0.05) is 17.0 Å². The van der Waals surface area contributed by atoms with Crippen LogP contribution in [0, 0.1) is 0 Å². The molecule has 0 atom stereocenters. The Bertz CT molecular complexity index is 431. The van der Waals surface area contributed by atoms with Crippen molar-refractivity contribution in [1.82, 2.24) is 0 Å². The minimum atomic E-state index is 0. The van der Waals surface area contributed by atoms with Crippen molar-refractivity contribution in [2.24, 2.45) is 0 Å². The van der Waals surface area contributed by atoms with E-state index in [4.69, 9.17) is 0 Å². The molecular weight excluding hydrogens is 329 g/mol. The average molecular weight is 343 g/mol. The molecule has 0 N–H and O–H groups in total. The highest BCUT2D eigenvalue weighted by Gasteiger charge is 1.94. The third-order valence-corrected chi connectivity index (χ3v) is 3.10. The number of aromatic nitrogens is 1. The fourth-order valence-electron chi connectivity index (χ4n) is 1.36. The van der Waals surface area contributed by atoms with E-state index in [2.05, 4.69) is 65.7 Å². The standard InChI is InChI=1S/C13H14NS.HI/c1-2-14-9-7-12(8-10-14)5-6-13-4-3-11-15-13;/h3-11H,2H2,1H3;1H/q+1;/p-1/b6-5+;. The highest BCUT2D eigenvalue weighted by Crippen LogP contribution is 2.12. The summed E-state index contributed by atoms with van der Waals surface area (Å²) in [7, 11) is 0. The van der Waals surface area contributed by atoms with Crippen LogP contribution < -0.4 is 28.5 Å². The van der Waals surface area contributed by atoms with Crippen LogP contribution in [0.25, 0.3) is 12.2 Å². The van der Waals surface area contributed by atoms with E-state index in [0.717, 1.165) is 6.54 Å². The Morgan fingerprint density at radius 2 is 1.94 bits per heavy atom. The van der Waals surface area contributed by atoms with Crippen molar-refractivity contribution in [2.45, 2.75) is 13.5 Å². The van der Waals surface area contributed by atoms with Crippen molar-refractivity contribution in [2.75, 3.05) is 0 Å². The molecule has 0 aliphatic heterocycles. The van der Waals surface area contributed by atoms with Gasteiger partial charge in [0.05, 0.1) is 0 Å². The smallest absolute Gasteiger partial charge is 0.169 e. The lowest BCUT2D eigenvalue weighted by molar-refractivity contribution is -0.693. The molecule has 0 aliphatic rings. The number of rotatable bonds is 3. The molecular formula is C13H14INS. The number of pyridine rings is 1. The Morgan fingerprint density at radius 3 is 2.50 bits per heavy atom. The molecule has 0 fully saturated rings. The Hall–Kier alpha value is -0.680. The molecule has 0 amide bonds. The molecule has 0 saturated carbocycles. The van der Waals surface area contributed by atoms with Crippen molar-refractivity contribution < 1.29 is 28.5 Å². The van der Waals surface area contributed by atoms with Gasteiger partial charge in [0.15, 0.2) is 12.4 Å². The lowest BCUT2D eigenvalue weighted by Crippen LogP contribution is -3.00. The van der Waals surface area contributed by atoms with Crippen molar-refractivity contribution in [3.05, 3.63) is 52.5 Å². The van der Waals surface area contributed by atoms with Gasteiger partial charge in [-0.15, -0.1) is 11.3 Å². The van der Waals surface area contributed by atoms with E-state index in [-0.39, 0.29) is 24.0 Å². The summed E-state index contributed by atoms with van der Waals surface area (Å²) >= 11 is 1.76. The Kier molecular flexibility index (Phi) is 5.69. The largest absolute Gasteiger partial charge is 1.00 e. The summed E-state index contributed by atoms with van der Waals surface area (Å²) < 4.78 is 2.16. The summed E-state index contributed by atoms with van der Waals surface area (Å²) in [6, 6.07) is 8.46. The van der Waals surface area contributed by atoms with Crippen molar-refractivity contribution in [3.63, 3.8) is 0 Å². The van der Waals surface area contributed by atoms with Gasteiger partial charge in [-0.2, -0.15) is 0 Å². The molecule has 0 unspecified atom stereocenters. The third-order valence-electron chi connectivity index (χ3n) is 2.27. The summed E-state index contributed by atoms with van der Waals surface area (Å²) in [6.07, 6.45) is 8.50. The van der Waals surface area contributed by atoms with Gasteiger partial charge in [0.25, 0.3) is 0 Å². The predicted molar refractivity (Wildman–Crippen MR) is 65.6 cm³/mol. The molecule has 0 aliphatic carbocycles. The van der Waals surface area contributed by atoms with Gasteiger partial charge in [-0.05, 0) is 30.0 Å². The number of halogens is 1. The third kappa shape index (κ3) is 3.72. The first kappa shape index (κ1) is 13.4. The van der Waals surface area contributed by atoms with Crippen LogP contribution in [0.3, 0.4) is 0 Å². The predicted octanol–water partition coefficient (Wildman–Crippen LogP) is 0.230. The van der Waals surface area contributed by atoms with E-state index in [1.165, 1.54) is 10.4 Å². The second-order valence-electron chi connectivity index (χ2n) is 3.31. The van der Waals surface area contributed by atoms with E-state index in [1.54, 1.807) is 11.3 Å². The summed E-state index contributed by atoms with van der Waals surface area (Å²) in [5, 5.41) is 2.09. The first-order valence-corrected chi connectivity index (χ1v) is 5.97. The highest BCUT2D eigenvalue weighted by atomic mass is 127. The van der Waals surface area contributed by atoms with Gasteiger partial charge >= 0.3 is 0 Å². The zero-order chi connectivity index (χ0) is 10.5. The summed E-state index contributed by atoms with van der Waals surface area (Å²) in [4.78, 5) is 1.29. The minimum Gasteiger partial charge on any atom is -1.00 e. The maximum atomic E-state index is 2.16. The number of aryl methyl sites for hydroxylation is 1. The van der Waals surface area contributed by atoms with Crippen LogP contribution in [0.2, 0.25) is 0 Å². The molecule has 0 spiro atoms. The molecule has 0 radical (unpaired) electrons. The molecule has 0 saturated heterocycles. The number of hydrogen-bond donors (Lipinski definition) is 0. The topological polar surface area (TPSA) is 3.88 Å². The van der Waals surface area contributed by atoms with Crippen LogP contribution in [0.15, 0.2) is 42.0 Å². The molecule has 2 aromatic heterocycles. The van der Waals surface area contributed by atoms with Crippen LogP contribution in [-0.4, -0.2) is 0 Å². The molecule has 84 valence electrons. The lowest BCUT2D eigenvalue weighted by Gasteiger charge is -1.92. The van der Waals surface area contributed by atoms with E-state index in [0.29, 0.717) is 0 Å². The normalized spacial score (nSPS) is 10.3. The van der Waals surface area contributed by atoms with Crippen LogP contribution in [0.5, 0.6) is 0 Å². The fourth-order valence-corrected chi connectivity index (χ4v) is 1.97.